The Labute approximate surface area is 93.3 Å². The van der Waals surface area contributed by atoms with Crippen molar-refractivity contribution in [3.8, 4) is 10.4 Å². The number of nitrogens with two attached hydrogens (primary N) is 1. The lowest BCUT2D eigenvalue weighted by atomic mass is 10.1. The number of halogens is 3. The van der Waals surface area contributed by atoms with Gasteiger partial charge in [0.2, 0.25) is 0 Å². The first-order valence-corrected chi connectivity index (χ1v) is 5.14. The fraction of sp³-hybridized carbons (Fsp3) is 0. The molecule has 1 aromatic carbocycles. The van der Waals surface area contributed by atoms with Crippen LogP contribution in [-0.4, -0.2) is 4.98 Å². The van der Waals surface area contributed by atoms with Crippen molar-refractivity contribution in [3.63, 3.8) is 0 Å². The molecular weight excluding hydrogens is 242 g/mol. The summed E-state index contributed by atoms with van der Waals surface area (Å²) in [5.74, 6) is -1.55. The van der Waals surface area contributed by atoms with E-state index >= 15 is 0 Å². The Morgan fingerprint density at radius 2 is 2.07 bits per heavy atom. The summed E-state index contributed by atoms with van der Waals surface area (Å²) in [6.45, 7) is 0. The van der Waals surface area contributed by atoms with E-state index in [2.05, 4.69) is 4.98 Å². The molecule has 0 fully saturated rings. The maximum absolute atomic E-state index is 13.5. The number of rotatable bonds is 1. The number of nitrogens with zero attached hydrogens (tertiary/aromatic N) is 1. The normalized spacial score (nSPS) is 10.6. The summed E-state index contributed by atoms with van der Waals surface area (Å²) >= 11 is 6.72. The highest BCUT2D eigenvalue weighted by molar-refractivity contribution is 7.18. The molecule has 0 saturated heterocycles. The van der Waals surface area contributed by atoms with Gasteiger partial charge in [-0.25, -0.2) is 13.8 Å². The number of anilines is 1. The van der Waals surface area contributed by atoms with E-state index in [9.17, 15) is 8.78 Å². The molecule has 0 atom stereocenters. The lowest BCUT2D eigenvalue weighted by Gasteiger charge is -2.03. The highest BCUT2D eigenvalue weighted by atomic mass is 35.5. The first-order valence-electron chi connectivity index (χ1n) is 3.95. The van der Waals surface area contributed by atoms with Gasteiger partial charge in [-0.1, -0.05) is 11.6 Å². The van der Waals surface area contributed by atoms with Crippen molar-refractivity contribution < 1.29 is 8.78 Å². The number of hydrogen-bond acceptors (Lipinski definition) is 3. The minimum Gasteiger partial charge on any atom is -0.394 e. The molecule has 1 aromatic heterocycles. The number of nitrogen functional groups attached to an aromatic ring is 1. The SMILES string of the molecule is Nc1c(F)ccc(-c2cnc(Cl)s2)c1F. The average Bonchev–Trinajstić information content (AvgIpc) is 2.61. The zero-order valence-corrected chi connectivity index (χ0v) is 8.87. The maximum atomic E-state index is 13.5. The van der Waals surface area contributed by atoms with Crippen LogP contribution in [0.3, 0.4) is 0 Å². The molecule has 0 radical (unpaired) electrons. The lowest BCUT2D eigenvalue weighted by molar-refractivity contribution is 0.594. The lowest BCUT2D eigenvalue weighted by Crippen LogP contribution is -1.96. The third-order valence-electron chi connectivity index (χ3n) is 1.87. The summed E-state index contributed by atoms with van der Waals surface area (Å²) in [4.78, 5) is 4.29. The Bertz CT molecular complexity index is 513. The summed E-state index contributed by atoms with van der Waals surface area (Å²) in [7, 11) is 0. The molecule has 15 heavy (non-hydrogen) atoms. The van der Waals surface area contributed by atoms with E-state index in [1.165, 1.54) is 12.3 Å². The number of aromatic nitrogens is 1. The van der Waals surface area contributed by atoms with E-state index < -0.39 is 17.3 Å². The van der Waals surface area contributed by atoms with Crippen LogP contribution in [0, 0.1) is 11.6 Å². The fourth-order valence-electron chi connectivity index (χ4n) is 1.14. The van der Waals surface area contributed by atoms with Crippen LogP contribution in [0.5, 0.6) is 0 Å². The van der Waals surface area contributed by atoms with Gasteiger partial charge in [-0.3, -0.25) is 0 Å². The van der Waals surface area contributed by atoms with E-state index in [0.29, 0.717) is 9.34 Å². The molecule has 1 heterocycles. The van der Waals surface area contributed by atoms with Gasteiger partial charge in [0.25, 0.3) is 0 Å². The predicted octanol–water partition coefficient (Wildman–Crippen LogP) is 3.32. The van der Waals surface area contributed by atoms with Crippen molar-refractivity contribution >= 4 is 28.6 Å². The molecule has 0 spiro atoms. The van der Waals surface area contributed by atoms with Gasteiger partial charge in [0.1, 0.15) is 11.5 Å². The van der Waals surface area contributed by atoms with E-state index in [-0.39, 0.29) is 5.56 Å². The third kappa shape index (κ3) is 1.80. The standard InChI is InChI=1S/C9H5ClF2N2S/c10-9-14-3-6(15-9)4-1-2-5(11)8(13)7(4)12/h1-3H,13H2. The first kappa shape index (κ1) is 10.3. The van der Waals surface area contributed by atoms with Crippen LogP contribution in [0.2, 0.25) is 4.47 Å². The molecule has 2 nitrogen and oxygen atoms in total. The first-order chi connectivity index (χ1) is 7.09. The van der Waals surface area contributed by atoms with Crippen LogP contribution in [0.15, 0.2) is 18.3 Å². The van der Waals surface area contributed by atoms with Crippen LogP contribution >= 0.6 is 22.9 Å². The molecule has 0 saturated carbocycles. The van der Waals surface area contributed by atoms with Crippen molar-refractivity contribution in [2.75, 3.05) is 5.73 Å². The smallest absolute Gasteiger partial charge is 0.184 e. The predicted molar refractivity (Wildman–Crippen MR) is 56.9 cm³/mol. The Hall–Kier alpha value is -1.20. The summed E-state index contributed by atoms with van der Waals surface area (Å²) in [6.07, 6.45) is 1.42. The average molecular weight is 247 g/mol. The summed E-state index contributed by atoms with van der Waals surface area (Å²) in [6, 6.07) is 2.42. The van der Waals surface area contributed by atoms with Crippen molar-refractivity contribution in [1.29, 1.82) is 0 Å². The summed E-state index contributed by atoms with van der Waals surface area (Å²) < 4.78 is 26.7. The number of thiazole rings is 1. The Balaban J connectivity index is 2.59. The van der Waals surface area contributed by atoms with Gasteiger partial charge in [-0.15, -0.1) is 11.3 Å². The van der Waals surface area contributed by atoms with Crippen LogP contribution in [0.4, 0.5) is 14.5 Å². The topological polar surface area (TPSA) is 38.9 Å². The van der Waals surface area contributed by atoms with Crippen LogP contribution in [0.1, 0.15) is 0 Å². The van der Waals surface area contributed by atoms with Crippen molar-refractivity contribution in [1.82, 2.24) is 4.98 Å². The second-order valence-corrected chi connectivity index (χ2v) is 4.41. The number of hydrogen-bond donors (Lipinski definition) is 1. The third-order valence-corrected chi connectivity index (χ3v) is 3.02. The quantitative estimate of drug-likeness (QED) is 0.784. The van der Waals surface area contributed by atoms with Crippen LogP contribution in [0.25, 0.3) is 10.4 Å². The largest absolute Gasteiger partial charge is 0.394 e. The molecule has 6 heteroatoms. The van der Waals surface area contributed by atoms with E-state index in [0.717, 1.165) is 17.4 Å². The van der Waals surface area contributed by atoms with E-state index in [1.54, 1.807) is 0 Å². The Kier molecular flexibility index (Phi) is 2.58. The van der Waals surface area contributed by atoms with E-state index in [1.807, 2.05) is 0 Å². The van der Waals surface area contributed by atoms with Gasteiger partial charge in [0.15, 0.2) is 10.3 Å². The van der Waals surface area contributed by atoms with Gasteiger partial charge in [0, 0.05) is 11.8 Å². The molecule has 78 valence electrons. The van der Waals surface area contributed by atoms with Crippen LogP contribution < -0.4 is 5.73 Å². The van der Waals surface area contributed by atoms with Crippen molar-refractivity contribution in [2.24, 2.45) is 0 Å². The van der Waals surface area contributed by atoms with Crippen molar-refractivity contribution in [3.05, 3.63) is 34.4 Å². The van der Waals surface area contributed by atoms with Crippen molar-refractivity contribution in [2.45, 2.75) is 0 Å². The Morgan fingerprint density at radius 1 is 1.33 bits per heavy atom. The van der Waals surface area contributed by atoms with E-state index in [4.69, 9.17) is 17.3 Å². The van der Waals surface area contributed by atoms with Gasteiger partial charge in [0.05, 0.1) is 4.88 Å². The molecule has 0 aliphatic heterocycles. The zero-order chi connectivity index (χ0) is 11.0. The van der Waals surface area contributed by atoms with Gasteiger partial charge < -0.3 is 5.73 Å². The molecule has 0 aliphatic carbocycles. The molecule has 0 bridgehead atoms. The van der Waals surface area contributed by atoms with Gasteiger partial charge in [-0.05, 0) is 12.1 Å². The molecular formula is C9H5ClF2N2S. The minimum absolute atomic E-state index is 0.207. The van der Waals surface area contributed by atoms with Gasteiger partial charge >= 0.3 is 0 Å². The Morgan fingerprint density at radius 3 is 2.67 bits per heavy atom. The summed E-state index contributed by atoms with van der Waals surface area (Å²) in [5.41, 5.74) is 4.95. The minimum atomic E-state index is -0.782. The molecule has 2 rings (SSSR count). The second kappa shape index (κ2) is 3.75. The number of benzene rings is 1. The van der Waals surface area contributed by atoms with Gasteiger partial charge in [-0.2, -0.15) is 0 Å². The zero-order valence-electron chi connectivity index (χ0n) is 7.30. The highest BCUT2D eigenvalue weighted by Crippen LogP contribution is 2.33. The second-order valence-electron chi connectivity index (χ2n) is 2.80. The molecule has 0 aliphatic rings. The highest BCUT2D eigenvalue weighted by Gasteiger charge is 2.13. The fourth-order valence-corrected chi connectivity index (χ4v) is 2.10. The molecule has 0 amide bonds. The molecule has 0 unspecified atom stereocenters. The molecule has 2 N–H and O–H groups in total. The summed E-state index contributed by atoms with van der Waals surface area (Å²) in [5, 5.41) is 0. The molecule has 2 aromatic rings. The van der Waals surface area contributed by atoms with Crippen LogP contribution in [-0.2, 0) is 0 Å². The monoisotopic (exact) mass is 246 g/mol. The maximum Gasteiger partial charge on any atom is 0.184 e.